The van der Waals surface area contributed by atoms with E-state index in [4.69, 9.17) is 9.26 Å². The molecule has 22 heavy (non-hydrogen) atoms. The molecule has 1 heterocycles. The molecule has 0 aliphatic carbocycles. The molecule has 6 nitrogen and oxygen atoms in total. The minimum absolute atomic E-state index is 0.0439. The Labute approximate surface area is 127 Å². The summed E-state index contributed by atoms with van der Waals surface area (Å²) in [5.74, 6) is -0.0176. The molecule has 0 aliphatic rings. The number of hydrogen-bond acceptors (Lipinski definition) is 5. The van der Waals surface area contributed by atoms with Gasteiger partial charge in [0.15, 0.2) is 12.4 Å². The van der Waals surface area contributed by atoms with Gasteiger partial charge >= 0.3 is 6.08 Å². The van der Waals surface area contributed by atoms with Crippen LogP contribution in [0.15, 0.2) is 28.8 Å². The lowest BCUT2D eigenvalue weighted by Gasteiger charge is -2.17. The molecule has 0 saturated carbocycles. The third kappa shape index (κ3) is 4.28. The van der Waals surface area contributed by atoms with Crippen molar-refractivity contribution in [2.45, 2.75) is 20.3 Å². The van der Waals surface area contributed by atoms with Gasteiger partial charge in [-0.1, -0.05) is 17.3 Å². The summed E-state index contributed by atoms with van der Waals surface area (Å²) in [6.07, 6.45) is 0.356. The molecule has 1 amide bonds. The van der Waals surface area contributed by atoms with Crippen LogP contribution in [0.2, 0.25) is 0 Å². The van der Waals surface area contributed by atoms with Crippen LogP contribution < -0.4 is 4.74 Å². The first kappa shape index (κ1) is 15.9. The maximum absolute atomic E-state index is 12.8. The van der Waals surface area contributed by atoms with Crippen molar-refractivity contribution in [3.05, 3.63) is 41.5 Å². The van der Waals surface area contributed by atoms with Gasteiger partial charge in [-0.25, -0.2) is 4.39 Å². The van der Waals surface area contributed by atoms with Crippen LogP contribution in [0, 0.1) is 5.82 Å². The summed E-state index contributed by atoms with van der Waals surface area (Å²) in [5.41, 5.74) is 0.855. The van der Waals surface area contributed by atoms with E-state index in [-0.39, 0.29) is 24.4 Å². The van der Waals surface area contributed by atoms with E-state index in [0.29, 0.717) is 25.3 Å². The number of ether oxygens (including phenoxy) is 1. The van der Waals surface area contributed by atoms with Crippen molar-refractivity contribution in [3.63, 3.8) is 0 Å². The summed E-state index contributed by atoms with van der Waals surface area (Å²) in [6, 6.07) is 6.04. The lowest BCUT2D eigenvalue weighted by Crippen LogP contribution is -2.34. The second kappa shape index (κ2) is 7.53. The monoisotopic (exact) mass is 307 g/mol. The number of amides is 1. The number of rotatable bonds is 7. The minimum Gasteiger partial charge on any atom is -0.439 e. The van der Waals surface area contributed by atoms with Gasteiger partial charge in [0.25, 0.3) is 5.91 Å². The number of nitrogens with zero attached hydrogens (tertiary/aromatic N) is 3. The molecule has 0 bridgehead atoms. The summed E-state index contributed by atoms with van der Waals surface area (Å²) in [4.78, 5) is 17.5. The Morgan fingerprint density at radius 3 is 2.59 bits per heavy atom. The van der Waals surface area contributed by atoms with Crippen LogP contribution in [0.5, 0.6) is 6.08 Å². The second-order valence-electron chi connectivity index (χ2n) is 4.63. The van der Waals surface area contributed by atoms with Crippen molar-refractivity contribution in [1.29, 1.82) is 0 Å². The van der Waals surface area contributed by atoms with Crippen molar-refractivity contribution >= 4 is 5.91 Å². The van der Waals surface area contributed by atoms with E-state index in [1.165, 1.54) is 12.1 Å². The van der Waals surface area contributed by atoms with E-state index < -0.39 is 0 Å². The maximum atomic E-state index is 12.8. The third-order valence-electron chi connectivity index (χ3n) is 3.16. The molecule has 7 heteroatoms. The summed E-state index contributed by atoms with van der Waals surface area (Å²) < 4.78 is 23.0. The van der Waals surface area contributed by atoms with Crippen LogP contribution in [0.1, 0.15) is 25.2 Å². The predicted octanol–water partition coefficient (Wildman–Crippen LogP) is 2.05. The molecule has 2 rings (SSSR count). The maximum Gasteiger partial charge on any atom is 0.417 e. The minimum atomic E-state index is -0.296. The first-order valence-electron chi connectivity index (χ1n) is 7.10. The van der Waals surface area contributed by atoms with Gasteiger partial charge in [-0.3, -0.25) is 9.32 Å². The molecule has 0 radical (unpaired) electrons. The van der Waals surface area contributed by atoms with Gasteiger partial charge in [-0.15, -0.1) is 0 Å². The fourth-order valence-electron chi connectivity index (χ4n) is 1.94. The van der Waals surface area contributed by atoms with Crippen LogP contribution >= 0.6 is 0 Å². The molecule has 118 valence electrons. The molecule has 2 aromatic rings. The molecule has 0 saturated heterocycles. The standard InChI is InChI=1S/C15H18FN3O3/c1-3-19(4-2)14(20)10-21-15-17-13(18-22-15)9-11-5-7-12(16)8-6-11/h5-8H,3-4,9-10H2,1-2H3. The van der Waals surface area contributed by atoms with Crippen molar-refractivity contribution in [2.75, 3.05) is 19.7 Å². The zero-order valence-corrected chi connectivity index (χ0v) is 12.6. The summed E-state index contributed by atoms with van der Waals surface area (Å²) in [6.45, 7) is 4.90. The number of carbonyl (C=O) groups excluding carboxylic acids is 1. The van der Waals surface area contributed by atoms with Gasteiger partial charge in [0, 0.05) is 19.5 Å². The number of carbonyl (C=O) groups is 1. The molecular formula is C15H18FN3O3. The van der Waals surface area contributed by atoms with Gasteiger partial charge in [0.1, 0.15) is 5.82 Å². The van der Waals surface area contributed by atoms with Crippen molar-refractivity contribution in [1.82, 2.24) is 15.0 Å². The van der Waals surface area contributed by atoms with E-state index in [2.05, 4.69) is 10.1 Å². The molecule has 0 fully saturated rings. The number of aromatic nitrogens is 2. The van der Waals surface area contributed by atoms with Gasteiger partial charge in [0.05, 0.1) is 0 Å². The van der Waals surface area contributed by atoms with E-state index in [1.54, 1.807) is 17.0 Å². The topological polar surface area (TPSA) is 68.5 Å². The number of benzene rings is 1. The Balaban J connectivity index is 1.88. The quantitative estimate of drug-likeness (QED) is 0.783. The normalized spacial score (nSPS) is 10.5. The third-order valence-corrected chi connectivity index (χ3v) is 3.16. The molecule has 0 unspecified atom stereocenters. The Hall–Kier alpha value is -2.44. The Morgan fingerprint density at radius 2 is 1.95 bits per heavy atom. The molecule has 0 atom stereocenters. The zero-order chi connectivity index (χ0) is 15.9. The van der Waals surface area contributed by atoms with E-state index in [9.17, 15) is 9.18 Å². The highest BCUT2D eigenvalue weighted by Gasteiger charge is 2.13. The molecule has 1 aromatic carbocycles. The van der Waals surface area contributed by atoms with E-state index in [0.717, 1.165) is 5.56 Å². The Bertz CT molecular complexity index is 609. The fraction of sp³-hybridized carbons (Fsp3) is 0.400. The van der Waals surface area contributed by atoms with Crippen LogP contribution in [0.3, 0.4) is 0 Å². The highest BCUT2D eigenvalue weighted by molar-refractivity contribution is 5.77. The fourth-order valence-corrected chi connectivity index (χ4v) is 1.94. The molecule has 0 N–H and O–H groups in total. The average molecular weight is 307 g/mol. The van der Waals surface area contributed by atoms with Gasteiger partial charge in [0.2, 0.25) is 0 Å². The summed E-state index contributed by atoms with van der Waals surface area (Å²) in [5, 5.41) is 3.77. The molecular weight excluding hydrogens is 289 g/mol. The summed E-state index contributed by atoms with van der Waals surface area (Å²) in [7, 11) is 0. The van der Waals surface area contributed by atoms with Gasteiger partial charge in [-0.2, -0.15) is 4.98 Å². The lowest BCUT2D eigenvalue weighted by atomic mass is 10.1. The highest BCUT2D eigenvalue weighted by Crippen LogP contribution is 2.12. The average Bonchev–Trinajstić information content (AvgIpc) is 2.96. The lowest BCUT2D eigenvalue weighted by molar-refractivity contribution is -0.133. The predicted molar refractivity (Wildman–Crippen MR) is 76.9 cm³/mol. The number of likely N-dealkylation sites (N-methyl/N-ethyl adjacent to an activating group) is 1. The molecule has 0 aliphatic heterocycles. The summed E-state index contributed by atoms with van der Waals surface area (Å²) >= 11 is 0. The van der Waals surface area contributed by atoms with Crippen LogP contribution in [0.25, 0.3) is 0 Å². The van der Waals surface area contributed by atoms with Crippen molar-refractivity contribution in [3.8, 4) is 6.08 Å². The van der Waals surface area contributed by atoms with Crippen LogP contribution in [-0.2, 0) is 11.2 Å². The largest absolute Gasteiger partial charge is 0.439 e. The molecule has 1 aromatic heterocycles. The van der Waals surface area contributed by atoms with Crippen LogP contribution in [-0.4, -0.2) is 40.6 Å². The Morgan fingerprint density at radius 1 is 1.27 bits per heavy atom. The number of halogens is 1. The first-order valence-corrected chi connectivity index (χ1v) is 7.10. The highest BCUT2D eigenvalue weighted by atomic mass is 19.1. The Kier molecular flexibility index (Phi) is 5.46. The van der Waals surface area contributed by atoms with Crippen molar-refractivity contribution in [2.24, 2.45) is 0 Å². The van der Waals surface area contributed by atoms with Crippen LogP contribution in [0.4, 0.5) is 4.39 Å². The zero-order valence-electron chi connectivity index (χ0n) is 12.6. The van der Waals surface area contributed by atoms with Gasteiger partial charge in [-0.05, 0) is 31.5 Å². The SMILES string of the molecule is CCN(CC)C(=O)COc1nc(Cc2ccc(F)cc2)no1. The van der Waals surface area contributed by atoms with Crippen molar-refractivity contribution < 1.29 is 18.4 Å². The van der Waals surface area contributed by atoms with Gasteiger partial charge < -0.3 is 9.64 Å². The second-order valence-corrected chi connectivity index (χ2v) is 4.63. The smallest absolute Gasteiger partial charge is 0.417 e. The van der Waals surface area contributed by atoms with E-state index in [1.807, 2.05) is 13.8 Å². The first-order chi connectivity index (χ1) is 10.6. The van der Waals surface area contributed by atoms with E-state index >= 15 is 0 Å². The molecule has 0 spiro atoms. The number of hydrogen-bond donors (Lipinski definition) is 0.